The second-order valence-corrected chi connectivity index (χ2v) is 5.80. The average molecular weight is 282 g/mol. The molecule has 4 nitrogen and oxygen atoms in total. The monoisotopic (exact) mass is 281 g/mol. The average Bonchev–Trinajstić information content (AvgIpc) is 2.38. The molecule has 0 radical (unpaired) electrons. The van der Waals surface area contributed by atoms with Crippen molar-refractivity contribution >= 4 is 23.0 Å². The Morgan fingerprint density at radius 2 is 1.95 bits per heavy atom. The lowest BCUT2D eigenvalue weighted by Gasteiger charge is -2.39. The summed E-state index contributed by atoms with van der Waals surface area (Å²) in [4.78, 5) is 4.90. The maximum atomic E-state index is 6.08. The fourth-order valence-corrected chi connectivity index (χ4v) is 2.83. The third-order valence-electron chi connectivity index (χ3n) is 3.94. The summed E-state index contributed by atoms with van der Waals surface area (Å²) >= 11 is 6.08. The van der Waals surface area contributed by atoms with Crippen LogP contribution in [0, 0.1) is 5.92 Å². The molecule has 2 heterocycles. The molecule has 0 spiro atoms. The highest BCUT2D eigenvalue weighted by molar-refractivity contribution is 6.33. The van der Waals surface area contributed by atoms with E-state index in [1.54, 1.807) is 0 Å². The van der Waals surface area contributed by atoms with Gasteiger partial charge in [-0.05, 0) is 18.2 Å². The number of nitrogens with zero attached hydrogens (tertiary/aromatic N) is 2. The van der Waals surface area contributed by atoms with Crippen LogP contribution in [0.25, 0.3) is 0 Å². The lowest BCUT2D eigenvalue weighted by Crippen LogP contribution is -2.50. The van der Waals surface area contributed by atoms with E-state index in [2.05, 4.69) is 15.9 Å². The quantitative estimate of drug-likeness (QED) is 0.856. The SMILES string of the molecule is Nc1ccc(N2CCN(CC3COC3)CC2)cc1Cl. The highest BCUT2D eigenvalue weighted by atomic mass is 35.5. The molecule has 2 saturated heterocycles. The number of hydrogen-bond donors (Lipinski definition) is 1. The zero-order chi connectivity index (χ0) is 13.2. The molecule has 0 aromatic heterocycles. The second-order valence-electron chi connectivity index (χ2n) is 5.40. The summed E-state index contributed by atoms with van der Waals surface area (Å²) in [5.41, 5.74) is 7.57. The highest BCUT2D eigenvalue weighted by Crippen LogP contribution is 2.26. The number of halogens is 1. The topological polar surface area (TPSA) is 41.7 Å². The number of benzene rings is 1. The van der Waals surface area contributed by atoms with Crippen LogP contribution in [0.4, 0.5) is 11.4 Å². The van der Waals surface area contributed by atoms with Crippen molar-refractivity contribution in [1.29, 1.82) is 0 Å². The molecular weight excluding hydrogens is 262 g/mol. The number of ether oxygens (including phenoxy) is 1. The first-order chi connectivity index (χ1) is 9.22. The minimum absolute atomic E-state index is 0.645. The molecular formula is C14H20ClN3O. The number of anilines is 2. The smallest absolute Gasteiger partial charge is 0.0656 e. The van der Waals surface area contributed by atoms with Crippen molar-refractivity contribution in [2.45, 2.75) is 0 Å². The van der Waals surface area contributed by atoms with Crippen LogP contribution in [0.5, 0.6) is 0 Å². The molecule has 0 unspecified atom stereocenters. The van der Waals surface area contributed by atoms with E-state index >= 15 is 0 Å². The lowest BCUT2D eigenvalue weighted by molar-refractivity contribution is -0.0468. The number of hydrogen-bond acceptors (Lipinski definition) is 4. The molecule has 2 fully saturated rings. The van der Waals surface area contributed by atoms with Crippen LogP contribution in [0.1, 0.15) is 0 Å². The summed E-state index contributed by atoms with van der Waals surface area (Å²) < 4.78 is 5.23. The van der Waals surface area contributed by atoms with Crippen LogP contribution in [0.3, 0.4) is 0 Å². The normalized spacial score (nSPS) is 21.4. The van der Waals surface area contributed by atoms with Crippen molar-refractivity contribution in [3.05, 3.63) is 23.2 Å². The van der Waals surface area contributed by atoms with Crippen LogP contribution in [0.15, 0.2) is 18.2 Å². The number of nitrogens with two attached hydrogens (primary N) is 1. The van der Waals surface area contributed by atoms with Gasteiger partial charge in [-0.1, -0.05) is 11.6 Å². The van der Waals surface area contributed by atoms with Gasteiger partial charge in [-0.3, -0.25) is 4.90 Å². The number of nitrogen functional groups attached to an aromatic ring is 1. The molecule has 0 bridgehead atoms. The number of rotatable bonds is 3. The fourth-order valence-electron chi connectivity index (χ4n) is 2.66. The van der Waals surface area contributed by atoms with Crippen LogP contribution < -0.4 is 10.6 Å². The van der Waals surface area contributed by atoms with Gasteiger partial charge in [0.2, 0.25) is 0 Å². The molecule has 2 N–H and O–H groups in total. The van der Waals surface area contributed by atoms with Crippen LogP contribution in [-0.2, 0) is 4.74 Å². The first-order valence-electron chi connectivity index (χ1n) is 6.82. The zero-order valence-electron chi connectivity index (χ0n) is 11.0. The van der Waals surface area contributed by atoms with Crippen LogP contribution in [-0.4, -0.2) is 50.8 Å². The summed E-state index contributed by atoms with van der Waals surface area (Å²) in [7, 11) is 0. The van der Waals surface area contributed by atoms with Gasteiger partial charge in [-0.25, -0.2) is 0 Å². The predicted molar refractivity (Wildman–Crippen MR) is 78.8 cm³/mol. The molecule has 19 heavy (non-hydrogen) atoms. The lowest BCUT2D eigenvalue weighted by atomic mass is 10.1. The van der Waals surface area contributed by atoms with Crippen molar-refractivity contribution in [2.24, 2.45) is 5.92 Å². The Labute approximate surface area is 119 Å². The van der Waals surface area contributed by atoms with E-state index < -0.39 is 0 Å². The standard InChI is InChI=1S/C14H20ClN3O/c15-13-7-12(1-2-14(13)16)18-5-3-17(4-6-18)8-11-9-19-10-11/h1-2,7,11H,3-6,8-10,16H2. The highest BCUT2D eigenvalue weighted by Gasteiger charge is 2.24. The number of piperazine rings is 1. The fraction of sp³-hybridized carbons (Fsp3) is 0.571. The molecule has 1 aromatic rings. The van der Waals surface area contributed by atoms with E-state index in [4.69, 9.17) is 22.1 Å². The van der Waals surface area contributed by atoms with Gasteiger partial charge in [0.15, 0.2) is 0 Å². The van der Waals surface area contributed by atoms with Crippen LogP contribution in [0.2, 0.25) is 5.02 Å². The van der Waals surface area contributed by atoms with Gasteiger partial charge in [-0.2, -0.15) is 0 Å². The van der Waals surface area contributed by atoms with Crippen molar-refractivity contribution in [3.63, 3.8) is 0 Å². The van der Waals surface area contributed by atoms with Crippen LogP contribution >= 0.6 is 11.6 Å². The van der Waals surface area contributed by atoms with Gasteiger partial charge in [0.25, 0.3) is 0 Å². The molecule has 5 heteroatoms. The van der Waals surface area contributed by atoms with E-state index in [1.165, 1.54) is 12.2 Å². The summed E-state index contributed by atoms with van der Waals surface area (Å²) in [5, 5.41) is 0.645. The molecule has 2 aliphatic heterocycles. The summed E-state index contributed by atoms with van der Waals surface area (Å²) in [6, 6.07) is 5.90. The molecule has 3 rings (SSSR count). The molecule has 104 valence electrons. The van der Waals surface area contributed by atoms with E-state index in [-0.39, 0.29) is 0 Å². The Balaban J connectivity index is 1.55. The van der Waals surface area contributed by atoms with Crippen molar-refractivity contribution in [1.82, 2.24) is 4.90 Å². The van der Waals surface area contributed by atoms with Gasteiger partial charge < -0.3 is 15.4 Å². The first kappa shape index (κ1) is 13.0. The first-order valence-corrected chi connectivity index (χ1v) is 7.20. The molecule has 0 saturated carbocycles. The molecule has 2 aliphatic rings. The van der Waals surface area contributed by atoms with Gasteiger partial charge in [0, 0.05) is 44.3 Å². The van der Waals surface area contributed by atoms with Crippen molar-refractivity contribution < 1.29 is 4.74 Å². The molecule has 1 aromatic carbocycles. The minimum atomic E-state index is 0.645. The van der Waals surface area contributed by atoms with Gasteiger partial charge in [0.1, 0.15) is 0 Å². The second kappa shape index (κ2) is 5.57. The van der Waals surface area contributed by atoms with Gasteiger partial charge in [-0.15, -0.1) is 0 Å². The minimum Gasteiger partial charge on any atom is -0.398 e. The molecule has 0 atom stereocenters. The maximum Gasteiger partial charge on any atom is 0.0656 e. The van der Waals surface area contributed by atoms with E-state index in [0.29, 0.717) is 10.7 Å². The van der Waals surface area contributed by atoms with Crippen molar-refractivity contribution in [3.8, 4) is 0 Å². The largest absolute Gasteiger partial charge is 0.398 e. The third-order valence-corrected chi connectivity index (χ3v) is 4.27. The van der Waals surface area contributed by atoms with Crippen molar-refractivity contribution in [2.75, 3.05) is 56.6 Å². The summed E-state index contributed by atoms with van der Waals surface area (Å²) in [6.45, 7) is 7.37. The molecule has 0 amide bonds. The Kier molecular flexibility index (Phi) is 3.82. The zero-order valence-corrected chi connectivity index (χ0v) is 11.8. The predicted octanol–water partition coefficient (Wildman–Crippen LogP) is 1.69. The maximum absolute atomic E-state index is 6.08. The Morgan fingerprint density at radius 1 is 1.21 bits per heavy atom. The van der Waals surface area contributed by atoms with E-state index in [9.17, 15) is 0 Å². The Hall–Kier alpha value is -0.970. The van der Waals surface area contributed by atoms with E-state index in [0.717, 1.165) is 45.3 Å². The van der Waals surface area contributed by atoms with Gasteiger partial charge >= 0.3 is 0 Å². The van der Waals surface area contributed by atoms with Gasteiger partial charge in [0.05, 0.1) is 23.9 Å². The third kappa shape index (κ3) is 2.96. The Morgan fingerprint density at radius 3 is 2.53 bits per heavy atom. The summed E-state index contributed by atoms with van der Waals surface area (Å²) in [6.07, 6.45) is 0. The summed E-state index contributed by atoms with van der Waals surface area (Å²) in [5.74, 6) is 0.748. The molecule has 0 aliphatic carbocycles. The Bertz CT molecular complexity index is 442. The van der Waals surface area contributed by atoms with E-state index in [1.807, 2.05) is 12.1 Å².